The van der Waals surface area contributed by atoms with Crippen LogP contribution in [0.3, 0.4) is 0 Å². The van der Waals surface area contributed by atoms with Crippen LogP contribution in [0.4, 0.5) is 0 Å². The quantitative estimate of drug-likeness (QED) is 0.688. The average molecular weight is 390 g/mol. The maximum Gasteiger partial charge on any atom is 0.262 e. The van der Waals surface area contributed by atoms with Crippen LogP contribution in [-0.4, -0.2) is 15.5 Å². The number of thiophene rings is 1. The Hall–Kier alpha value is -2.18. The van der Waals surface area contributed by atoms with Gasteiger partial charge in [-0.1, -0.05) is 37.1 Å². The molecule has 0 aliphatic rings. The van der Waals surface area contributed by atoms with Gasteiger partial charge in [0.2, 0.25) is 0 Å². The highest BCUT2D eigenvalue weighted by Crippen LogP contribution is 2.26. The lowest BCUT2D eigenvalue weighted by atomic mass is 10.2. The van der Waals surface area contributed by atoms with Crippen molar-refractivity contribution in [2.45, 2.75) is 39.8 Å². The number of nitrogens with zero attached hydrogens (tertiary/aromatic N) is 2. The topological polar surface area (TPSA) is 64.0 Å². The number of carbonyl (C=O) groups excluding carboxylic acids is 1. The molecule has 7 heteroatoms. The molecule has 1 amide bonds. The van der Waals surface area contributed by atoms with Gasteiger partial charge in [0.05, 0.1) is 16.6 Å². The molecule has 0 bridgehead atoms. The first-order chi connectivity index (χ1) is 12.5. The van der Waals surface area contributed by atoms with Crippen molar-refractivity contribution in [3.05, 3.63) is 62.0 Å². The number of benzene rings is 1. The fraction of sp³-hybridized carbons (Fsp3) is 0.316. The van der Waals surface area contributed by atoms with Gasteiger partial charge in [-0.3, -0.25) is 14.2 Å². The number of hydrogen-bond acceptors (Lipinski definition) is 4. The van der Waals surface area contributed by atoms with Gasteiger partial charge in [-0.25, -0.2) is 4.98 Å². The Morgan fingerprint density at radius 3 is 2.73 bits per heavy atom. The molecule has 1 aromatic carbocycles. The van der Waals surface area contributed by atoms with E-state index in [0.717, 1.165) is 18.4 Å². The molecular formula is C19H20ClN3O2S. The van der Waals surface area contributed by atoms with Crippen LogP contribution in [0.2, 0.25) is 5.02 Å². The van der Waals surface area contributed by atoms with Crippen molar-refractivity contribution in [3.63, 3.8) is 0 Å². The molecule has 2 heterocycles. The molecule has 1 N–H and O–H groups in total. The van der Waals surface area contributed by atoms with E-state index in [9.17, 15) is 9.59 Å². The van der Waals surface area contributed by atoms with Gasteiger partial charge in [0, 0.05) is 18.1 Å². The van der Waals surface area contributed by atoms with E-state index in [4.69, 9.17) is 11.6 Å². The molecule has 2 aromatic heterocycles. The van der Waals surface area contributed by atoms with Crippen LogP contribution < -0.4 is 10.9 Å². The van der Waals surface area contributed by atoms with Gasteiger partial charge in [-0.05, 0) is 36.6 Å². The summed E-state index contributed by atoms with van der Waals surface area (Å²) in [6.45, 7) is 4.93. The number of nitrogens with one attached hydrogen (secondary N) is 1. The smallest absolute Gasteiger partial charge is 0.262 e. The molecule has 26 heavy (non-hydrogen) atoms. The van der Waals surface area contributed by atoms with Crippen LogP contribution in [-0.2, 0) is 13.1 Å². The van der Waals surface area contributed by atoms with Crippen LogP contribution in [0.15, 0.2) is 35.4 Å². The summed E-state index contributed by atoms with van der Waals surface area (Å²) in [5, 5.41) is 4.10. The third-order valence-corrected chi connectivity index (χ3v) is 5.69. The van der Waals surface area contributed by atoms with Gasteiger partial charge in [-0.15, -0.1) is 11.3 Å². The SMILES string of the molecule is CCCCn1cnc2sc(C(=O)NCc3ccc(Cl)cc3)c(C)c2c1=O. The molecule has 0 saturated heterocycles. The summed E-state index contributed by atoms with van der Waals surface area (Å²) in [7, 11) is 0. The lowest BCUT2D eigenvalue weighted by Gasteiger charge is -2.05. The molecule has 5 nitrogen and oxygen atoms in total. The van der Waals surface area contributed by atoms with Gasteiger partial charge in [0.15, 0.2) is 0 Å². The molecule has 0 spiro atoms. The lowest BCUT2D eigenvalue weighted by molar-refractivity contribution is 0.0954. The third kappa shape index (κ3) is 3.81. The van der Waals surface area contributed by atoms with E-state index in [1.54, 1.807) is 23.0 Å². The standard InChI is InChI=1S/C19H20ClN3O2S/c1-3-4-9-23-11-22-18-15(19(23)25)12(2)16(26-18)17(24)21-10-13-5-7-14(20)8-6-13/h5-8,11H,3-4,9-10H2,1-2H3,(H,21,24). The first-order valence-corrected chi connectivity index (χ1v) is 9.72. The minimum atomic E-state index is -0.194. The summed E-state index contributed by atoms with van der Waals surface area (Å²) >= 11 is 7.13. The molecule has 3 rings (SSSR count). The largest absolute Gasteiger partial charge is 0.347 e. The summed E-state index contributed by atoms with van der Waals surface area (Å²) in [4.78, 5) is 30.8. The molecular weight excluding hydrogens is 370 g/mol. The zero-order valence-electron chi connectivity index (χ0n) is 14.7. The van der Waals surface area contributed by atoms with Crippen LogP contribution in [0.1, 0.15) is 40.6 Å². The maximum atomic E-state index is 12.7. The minimum Gasteiger partial charge on any atom is -0.347 e. The Morgan fingerprint density at radius 2 is 2.04 bits per heavy atom. The highest BCUT2D eigenvalue weighted by Gasteiger charge is 2.19. The highest BCUT2D eigenvalue weighted by molar-refractivity contribution is 7.20. The summed E-state index contributed by atoms with van der Waals surface area (Å²) in [6, 6.07) is 7.31. The Kier molecular flexibility index (Phi) is 5.74. The van der Waals surface area contributed by atoms with Crippen LogP contribution >= 0.6 is 22.9 Å². The van der Waals surface area contributed by atoms with E-state index in [1.165, 1.54) is 11.3 Å². The van der Waals surface area contributed by atoms with Crippen LogP contribution in [0.25, 0.3) is 10.2 Å². The number of fused-ring (bicyclic) bond motifs is 1. The first-order valence-electron chi connectivity index (χ1n) is 8.52. The molecule has 0 aliphatic heterocycles. The van der Waals surface area contributed by atoms with Gasteiger partial charge < -0.3 is 5.32 Å². The van der Waals surface area contributed by atoms with Crippen LogP contribution in [0, 0.1) is 6.92 Å². The number of aryl methyl sites for hydroxylation is 2. The molecule has 0 unspecified atom stereocenters. The minimum absolute atomic E-state index is 0.0750. The number of rotatable bonds is 6. The van der Waals surface area contributed by atoms with Gasteiger partial charge in [0.25, 0.3) is 11.5 Å². The molecule has 0 saturated carbocycles. The molecule has 0 atom stereocenters. The molecule has 3 aromatic rings. The Balaban J connectivity index is 1.84. The van der Waals surface area contributed by atoms with E-state index in [0.29, 0.717) is 38.8 Å². The van der Waals surface area contributed by atoms with E-state index in [1.807, 2.05) is 19.1 Å². The summed E-state index contributed by atoms with van der Waals surface area (Å²) in [5.41, 5.74) is 1.58. The first kappa shape index (κ1) is 18.6. The van der Waals surface area contributed by atoms with Crippen molar-refractivity contribution in [1.82, 2.24) is 14.9 Å². The van der Waals surface area contributed by atoms with E-state index < -0.39 is 0 Å². The number of halogens is 1. The van der Waals surface area contributed by atoms with E-state index in [2.05, 4.69) is 17.2 Å². The second-order valence-corrected chi connectivity index (χ2v) is 7.58. The monoisotopic (exact) mass is 389 g/mol. The summed E-state index contributed by atoms with van der Waals surface area (Å²) in [5.74, 6) is -0.194. The fourth-order valence-electron chi connectivity index (χ4n) is 2.73. The lowest BCUT2D eigenvalue weighted by Crippen LogP contribution is -2.23. The van der Waals surface area contributed by atoms with Crippen molar-refractivity contribution in [1.29, 1.82) is 0 Å². The van der Waals surface area contributed by atoms with Crippen molar-refractivity contribution in [3.8, 4) is 0 Å². The summed E-state index contributed by atoms with van der Waals surface area (Å²) < 4.78 is 1.63. The second-order valence-electron chi connectivity index (χ2n) is 6.14. The zero-order valence-corrected chi connectivity index (χ0v) is 16.3. The second kappa shape index (κ2) is 8.01. The Labute approximate surface area is 160 Å². The van der Waals surface area contributed by atoms with Crippen molar-refractivity contribution in [2.24, 2.45) is 0 Å². The number of unbranched alkanes of at least 4 members (excludes halogenated alkanes) is 1. The Bertz CT molecular complexity index is 992. The number of carbonyl (C=O) groups is 1. The zero-order chi connectivity index (χ0) is 18.7. The molecule has 136 valence electrons. The normalized spacial score (nSPS) is 11.0. The van der Waals surface area contributed by atoms with Crippen molar-refractivity contribution < 1.29 is 4.79 Å². The molecule has 0 radical (unpaired) electrons. The maximum absolute atomic E-state index is 12.7. The molecule has 0 aliphatic carbocycles. The van der Waals surface area contributed by atoms with E-state index >= 15 is 0 Å². The average Bonchev–Trinajstić information content (AvgIpc) is 2.98. The highest BCUT2D eigenvalue weighted by atomic mass is 35.5. The van der Waals surface area contributed by atoms with Gasteiger partial charge >= 0.3 is 0 Å². The van der Waals surface area contributed by atoms with E-state index in [-0.39, 0.29) is 11.5 Å². The molecule has 0 fully saturated rings. The fourth-order valence-corrected chi connectivity index (χ4v) is 3.91. The number of amides is 1. The van der Waals surface area contributed by atoms with Gasteiger partial charge in [-0.2, -0.15) is 0 Å². The predicted molar refractivity (Wildman–Crippen MR) is 106 cm³/mol. The Morgan fingerprint density at radius 1 is 1.31 bits per heavy atom. The van der Waals surface area contributed by atoms with Crippen molar-refractivity contribution >= 4 is 39.1 Å². The van der Waals surface area contributed by atoms with Gasteiger partial charge in [0.1, 0.15) is 4.83 Å². The summed E-state index contributed by atoms with van der Waals surface area (Å²) in [6.07, 6.45) is 3.50. The number of aromatic nitrogens is 2. The predicted octanol–water partition coefficient (Wildman–Crippen LogP) is 4.15. The van der Waals surface area contributed by atoms with Crippen LogP contribution in [0.5, 0.6) is 0 Å². The number of hydrogen-bond donors (Lipinski definition) is 1. The van der Waals surface area contributed by atoms with Crippen molar-refractivity contribution in [2.75, 3.05) is 0 Å². The third-order valence-electron chi connectivity index (χ3n) is 4.24.